The molecule has 2 heterocycles. The second-order valence-corrected chi connectivity index (χ2v) is 8.26. The van der Waals surface area contributed by atoms with Gasteiger partial charge >= 0.3 is 6.55 Å². The van der Waals surface area contributed by atoms with E-state index in [9.17, 15) is 18.0 Å². The molecule has 0 saturated heterocycles. The van der Waals surface area contributed by atoms with E-state index in [0.717, 1.165) is 22.9 Å². The summed E-state index contributed by atoms with van der Waals surface area (Å²) in [6, 6.07) is 10.5. The van der Waals surface area contributed by atoms with Crippen LogP contribution >= 0.6 is 35.0 Å². The lowest BCUT2D eigenvalue weighted by Crippen LogP contribution is -2.31. The first-order valence-electron chi connectivity index (χ1n) is 9.12. The average molecular weight is 497 g/mol. The van der Waals surface area contributed by atoms with Crippen LogP contribution in [-0.4, -0.2) is 20.6 Å². The standard InChI is InChI=1S/C21H13Cl2F3N4OS/c22-13-6-5-12(9-14(13)23)10-16-19(31)30(17-4-2-1-3-15(17)24)21(28-16)32-11-18-27-7-8-29(18)20(25)26/h1-10,20H,11H2. The van der Waals surface area contributed by atoms with E-state index < -0.39 is 18.3 Å². The predicted octanol–water partition coefficient (Wildman–Crippen LogP) is 6.40. The van der Waals surface area contributed by atoms with Gasteiger partial charge in [0.25, 0.3) is 5.91 Å². The second-order valence-electron chi connectivity index (χ2n) is 6.51. The Kier molecular flexibility index (Phi) is 6.59. The summed E-state index contributed by atoms with van der Waals surface area (Å²) in [6.07, 6.45) is 3.91. The minimum atomic E-state index is -2.76. The fourth-order valence-electron chi connectivity index (χ4n) is 2.96. The Bertz CT molecular complexity index is 1250. The van der Waals surface area contributed by atoms with E-state index in [1.165, 1.54) is 30.5 Å². The highest BCUT2D eigenvalue weighted by molar-refractivity contribution is 8.13. The van der Waals surface area contributed by atoms with Crippen molar-refractivity contribution in [2.75, 3.05) is 4.90 Å². The van der Waals surface area contributed by atoms with Crippen molar-refractivity contribution >= 4 is 57.8 Å². The van der Waals surface area contributed by atoms with Crippen molar-refractivity contribution in [3.63, 3.8) is 0 Å². The third kappa shape index (κ3) is 4.55. The number of aromatic nitrogens is 2. The Balaban J connectivity index is 1.70. The Morgan fingerprint density at radius 3 is 2.62 bits per heavy atom. The van der Waals surface area contributed by atoms with Crippen LogP contribution in [0.25, 0.3) is 6.08 Å². The molecule has 32 heavy (non-hydrogen) atoms. The molecule has 0 radical (unpaired) electrons. The zero-order chi connectivity index (χ0) is 22.8. The van der Waals surface area contributed by atoms with E-state index in [2.05, 4.69) is 9.98 Å². The number of amides is 1. The monoisotopic (exact) mass is 496 g/mol. The number of halogens is 5. The fraction of sp³-hybridized carbons (Fsp3) is 0.0952. The number of rotatable bonds is 5. The number of para-hydroxylation sites is 1. The van der Waals surface area contributed by atoms with Gasteiger partial charge in [-0.15, -0.1) is 0 Å². The molecule has 0 aliphatic carbocycles. The zero-order valence-corrected chi connectivity index (χ0v) is 18.4. The van der Waals surface area contributed by atoms with E-state index in [1.54, 1.807) is 24.3 Å². The number of thioether (sulfide) groups is 1. The average Bonchev–Trinajstić information content (AvgIpc) is 3.35. The Morgan fingerprint density at radius 1 is 1.12 bits per heavy atom. The van der Waals surface area contributed by atoms with Gasteiger partial charge in [0.05, 0.1) is 21.5 Å². The molecule has 0 saturated carbocycles. The minimum absolute atomic E-state index is 0.00140. The van der Waals surface area contributed by atoms with E-state index in [0.29, 0.717) is 20.2 Å². The Hall–Kier alpha value is -2.75. The summed E-state index contributed by atoms with van der Waals surface area (Å²) < 4.78 is 41.5. The highest BCUT2D eigenvalue weighted by Crippen LogP contribution is 2.33. The fourth-order valence-corrected chi connectivity index (χ4v) is 4.22. The number of hydrogen-bond acceptors (Lipinski definition) is 4. The van der Waals surface area contributed by atoms with Crippen LogP contribution in [0.4, 0.5) is 18.9 Å². The molecule has 4 rings (SSSR count). The number of amidine groups is 1. The molecule has 3 aromatic rings. The molecule has 1 aromatic heterocycles. The summed E-state index contributed by atoms with van der Waals surface area (Å²) in [7, 11) is 0. The molecular formula is C21H13Cl2F3N4OS. The third-order valence-corrected chi connectivity index (χ3v) is 6.13. The van der Waals surface area contributed by atoms with Crippen LogP contribution in [0.5, 0.6) is 0 Å². The number of benzene rings is 2. The van der Waals surface area contributed by atoms with E-state index in [1.807, 2.05) is 0 Å². The van der Waals surface area contributed by atoms with Crippen LogP contribution in [-0.2, 0) is 10.5 Å². The number of alkyl halides is 2. The molecule has 1 amide bonds. The van der Waals surface area contributed by atoms with E-state index >= 15 is 0 Å². The van der Waals surface area contributed by atoms with Gasteiger partial charge in [-0.3, -0.25) is 14.3 Å². The highest BCUT2D eigenvalue weighted by Gasteiger charge is 2.34. The van der Waals surface area contributed by atoms with Gasteiger partial charge in [0, 0.05) is 12.4 Å². The predicted molar refractivity (Wildman–Crippen MR) is 121 cm³/mol. The smallest absolute Gasteiger partial charge is 0.277 e. The van der Waals surface area contributed by atoms with Crippen molar-refractivity contribution in [1.29, 1.82) is 0 Å². The molecule has 0 fully saturated rings. The molecule has 2 aromatic carbocycles. The molecule has 11 heteroatoms. The van der Waals surface area contributed by atoms with Gasteiger partial charge < -0.3 is 0 Å². The number of nitrogens with zero attached hydrogens (tertiary/aromatic N) is 4. The topological polar surface area (TPSA) is 50.5 Å². The maximum atomic E-state index is 14.5. The van der Waals surface area contributed by atoms with Gasteiger partial charge in [-0.25, -0.2) is 14.4 Å². The van der Waals surface area contributed by atoms with Crippen LogP contribution in [0.1, 0.15) is 17.9 Å². The van der Waals surface area contributed by atoms with Crippen molar-refractivity contribution in [3.05, 3.63) is 87.8 Å². The molecule has 0 atom stereocenters. The number of carbonyl (C=O) groups is 1. The summed E-state index contributed by atoms with van der Waals surface area (Å²) >= 11 is 13.0. The molecule has 5 nitrogen and oxygen atoms in total. The molecule has 1 aliphatic rings. The van der Waals surface area contributed by atoms with Crippen LogP contribution in [0.15, 0.2) is 65.5 Å². The van der Waals surface area contributed by atoms with Crippen molar-refractivity contribution in [2.45, 2.75) is 12.3 Å². The van der Waals surface area contributed by atoms with Gasteiger partial charge in [-0.2, -0.15) is 8.78 Å². The van der Waals surface area contributed by atoms with Crippen molar-refractivity contribution < 1.29 is 18.0 Å². The Morgan fingerprint density at radius 2 is 1.91 bits per heavy atom. The first-order chi connectivity index (χ1) is 15.3. The third-order valence-electron chi connectivity index (χ3n) is 4.46. The first-order valence-corrected chi connectivity index (χ1v) is 10.9. The van der Waals surface area contributed by atoms with Gasteiger partial charge in [-0.1, -0.05) is 53.2 Å². The number of aliphatic imine (C=N–C) groups is 1. The van der Waals surface area contributed by atoms with Crippen molar-refractivity contribution in [2.24, 2.45) is 4.99 Å². The van der Waals surface area contributed by atoms with Gasteiger partial charge in [-0.05, 0) is 35.9 Å². The minimum Gasteiger partial charge on any atom is -0.277 e. The van der Waals surface area contributed by atoms with Gasteiger partial charge in [0.2, 0.25) is 0 Å². The van der Waals surface area contributed by atoms with Gasteiger partial charge in [0.15, 0.2) is 5.17 Å². The van der Waals surface area contributed by atoms with Crippen LogP contribution in [0.3, 0.4) is 0 Å². The lowest BCUT2D eigenvalue weighted by Gasteiger charge is -2.18. The largest absolute Gasteiger partial charge is 0.319 e. The highest BCUT2D eigenvalue weighted by atomic mass is 35.5. The number of carbonyl (C=O) groups excluding carboxylic acids is 1. The summed E-state index contributed by atoms with van der Waals surface area (Å²) in [5, 5.41) is 0.791. The maximum absolute atomic E-state index is 14.5. The first kappa shape index (κ1) is 22.4. The summed E-state index contributed by atoms with van der Waals surface area (Å²) in [4.78, 5) is 22.5. The number of anilines is 1. The number of imidazole rings is 1. The summed E-state index contributed by atoms with van der Waals surface area (Å²) in [5.41, 5.74) is 0.601. The molecule has 0 unspecified atom stereocenters. The molecule has 0 N–H and O–H groups in total. The summed E-state index contributed by atoms with van der Waals surface area (Å²) in [6.45, 7) is -2.76. The summed E-state index contributed by atoms with van der Waals surface area (Å²) in [5.74, 6) is -1.11. The molecular weight excluding hydrogens is 484 g/mol. The molecule has 0 bridgehead atoms. The molecule has 0 spiro atoms. The van der Waals surface area contributed by atoms with E-state index in [4.69, 9.17) is 23.2 Å². The van der Waals surface area contributed by atoms with Crippen molar-refractivity contribution in [3.8, 4) is 0 Å². The lowest BCUT2D eigenvalue weighted by molar-refractivity contribution is -0.113. The SMILES string of the molecule is O=C1C(=Cc2ccc(Cl)c(Cl)c2)N=C(SCc2nccn2C(F)F)N1c1ccccc1F. The van der Waals surface area contributed by atoms with E-state index in [-0.39, 0.29) is 28.1 Å². The van der Waals surface area contributed by atoms with Crippen LogP contribution in [0, 0.1) is 5.82 Å². The Labute approximate surface area is 195 Å². The quantitative estimate of drug-likeness (QED) is 0.384. The molecule has 164 valence electrons. The maximum Gasteiger partial charge on any atom is 0.319 e. The van der Waals surface area contributed by atoms with Crippen LogP contribution in [0.2, 0.25) is 10.0 Å². The lowest BCUT2D eigenvalue weighted by atomic mass is 10.2. The normalized spacial score (nSPS) is 15.2. The second kappa shape index (κ2) is 9.40. The van der Waals surface area contributed by atoms with Crippen LogP contribution < -0.4 is 4.90 Å². The molecule has 1 aliphatic heterocycles. The zero-order valence-electron chi connectivity index (χ0n) is 16.1. The van der Waals surface area contributed by atoms with Gasteiger partial charge in [0.1, 0.15) is 17.3 Å². The van der Waals surface area contributed by atoms with Crippen molar-refractivity contribution in [1.82, 2.24) is 9.55 Å². The number of hydrogen-bond donors (Lipinski definition) is 0.